The molecule has 0 aliphatic heterocycles. The number of hydrogen-bond acceptors (Lipinski definition) is 9. The Labute approximate surface area is 189 Å². The molecular weight excluding hydrogens is 420 g/mol. The van der Waals surface area contributed by atoms with E-state index in [0.29, 0.717) is 28.4 Å². The number of pyridine rings is 2. The van der Waals surface area contributed by atoms with Gasteiger partial charge < -0.3 is 10.6 Å². The molecule has 0 saturated heterocycles. The monoisotopic (exact) mass is 442 g/mol. The topological polar surface area (TPSA) is 139 Å². The van der Waals surface area contributed by atoms with Crippen LogP contribution in [-0.4, -0.2) is 46.4 Å². The first-order valence-electron chi connectivity index (χ1n) is 10.7. The van der Waals surface area contributed by atoms with E-state index in [0.717, 1.165) is 30.8 Å². The van der Waals surface area contributed by atoms with E-state index < -0.39 is 0 Å². The predicted molar refractivity (Wildman–Crippen MR) is 122 cm³/mol. The second-order valence-electron chi connectivity index (χ2n) is 8.18. The van der Waals surface area contributed by atoms with Gasteiger partial charge >= 0.3 is 5.69 Å². The molecule has 1 aliphatic carbocycles. The molecule has 1 fully saturated rings. The lowest BCUT2D eigenvalue weighted by molar-refractivity contribution is 0.712. The number of nitrogens with one attached hydrogen (secondary N) is 2. The van der Waals surface area contributed by atoms with Crippen molar-refractivity contribution >= 4 is 22.9 Å². The van der Waals surface area contributed by atoms with Crippen LogP contribution in [0.15, 0.2) is 41.6 Å². The summed E-state index contributed by atoms with van der Waals surface area (Å²) >= 11 is 0. The summed E-state index contributed by atoms with van der Waals surface area (Å²) in [4.78, 5) is 25.9. The fraction of sp³-hybridized carbons (Fsp3) is 0.318. The highest BCUT2D eigenvalue weighted by molar-refractivity contribution is 5.75. The van der Waals surface area contributed by atoms with E-state index in [-0.39, 0.29) is 17.8 Å². The minimum Gasteiger partial charge on any atom is -0.367 e. The van der Waals surface area contributed by atoms with Gasteiger partial charge in [-0.3, -0.25) is 4.57 Å². The molecule has 166 valence electrons. The van der Waals surface area contributed by atoms with Gasteiger partial charge in [-0.05, 0) is 44.4 Å². The molecule has 4 aromatic heterocycles. The number of nitriles is 1. The van der Waals surface area contributed by atoms with Gasteiger partial charge in [0.15, 0.2) is 5.65 Å². The standard InChI is InChI=1S/C22H22N10O/c1-13-10-26-21(30-29-13)28-16-4-3-15(8-16)27-19-6-5-17(12-24-19)32-20-18(31(2)22(32)33)7-14(9-23)11-25-20/h5-7,10-12,15-16H,3-4,8H2,1-2H3,(H,24,27)(H,26,28,30)/t15-,16-/m0/s1. The molecule has 33 heavy (non-hydrogen) atoms. The molecule has 1 saturated carbocycles. The molecule has 0 amide bonds. The van der Waals surface area contributed by atoms with Gasteiger partial charge in [0, 0.05) is 25.3 Å². The number of fused-ring (bicyclic) bond motifs is 1. The highest BCUT2D eigenvalue weighted by Gasteiger charge is 2.25. The van der Waals surface area contributed by atoms with Crippen molar-refractivity contribution in [2.75, 3.05) is 10.6 Å². The molecule has 0 bridgehead atoms. The third-order valence-electron chi connectivity index (χ3n) is 5.83. The van der Waals surface area contributed by atoms with Crippen molar-refractivity contribution in [1.29, 1.82) is 5.26 Å². The first kappa shape index (κ1) is 20.6. The second kappa shape index (κ2) is 8.31. The van der Waals surface area contributed by atoms with Gasteiger partial charge in [0.25, 0.3) is 0 Å². The SMILES string of the molecule is Cc1cnc(N[C@H]2CC[C@H](Nc3ccc(-n4c(=O)n(C)c5cc(C#N)cnc54)cn3)C2)nn1. The molecule has 11 heteroatoms. The summed E-state index contributed by atoms with van der Waals surface area (Å²) in [5, 5.41) is 24.0. The van der Waals surface area contributed by atoms with Crippen LogP contribution in [0.2, 0.25) is 0 Å². The smallest absolute Gasteiger partial charge is 0.334 e. The molecule has 1 aliphatic rings. The van der Waals surface area contributed by atoms with Gasteiger partial charge in [-0.15, -0.1) is 5.10 Å². The maximum atomic E-state index is 12.8. The van der Waals surface area contributed by atoms with Gasteiger partial charge in [0.05, 0.1) is 34.9 Å². The van der Waals surface area contributed by atoms with E-state index in [1.165, 1.54) is 15.3 Å². The fourth-order valence-corrected chi connectivity index (χ4v) is 4.14. The van der Waals surface area contributed by atoms with Crippen LogP contribution in [-0.2, 0) is 7.05 Å². The van der Waals surface area contributed by atoms with Crippen molar-refractivity contribution in [1.82, 2.24) is 34.3 Å². The number of imidazole rings is 1. The van der Waals surface area contributed by atoms with Gasteiger partial charge in [0.2, 0.25) is 5.95 Å². The van der Waals surface area contributed by atoms with E-state index in [1.54, 1.807) is 25.5 Å². The van der Waals surface area contributed by atoms with Crippen LogP contribution in [0.25, 0.3) is 16.9 Å². The van der Waals surface area contributed by atoms with E-state index >= 15 is 0 Å². The van der Waals surface area contributed by atoms with Crippen molar-refractivity contribution in [2.24, 2.45) is 7.05 Å². The Morgan fingerprint density at radius 2 is 1.88 bits per heavy atom. The molecule has 4 aromatic rings. The highest BCUT2D eigenvalue weighted by atomic mass is 16.1. The normalized spacial score (nSPS) is 17.7. The van der Waals surface area contributed by atoms with Gasteiger partial charge in [0.1, 0.15) is 11.9 Å². The van der Waals surface area contributed by atoms with Crippen molar-refractivity contribution in [3.63, 3.8) is 0 Å². The lowest BCUT2D eigenvalue weighted by atomic mass is 10.2. The van der Waals surface area contributed by atoms with Gasteiger partial charge in [-0.2, -0.15) is 10.4 Å². The Balaban J connectivity index is 1.29. The zero-order chi connectivity index (χ0) is 22.9. The maximum absolute atomic E-state index is 12.8. The number of aromatic nitrogens is 7. The van der Waals surface area contributed by atoms with E-state index in [2.05, 4.69) is 41.9 Å². The third kappa shape index (κ3) is 3.98. The summed E-state index contributed by atoms with van der Waals surface area (Å²) in [6.45, 7) is 1.86. The summed E-state index contributed by atoms with van der Waals surface area (Å²) < 4.78 is 2.98. The molecule has 5 rings (SSSR count). The molecule has 0 spiro atoms. The van der Waals surface area contributed by atoms with Crippen molar-refractivity contribution in [3.05, 3.63) is 58.5 Å². The number of nitrogens with zero attached hydrogens (tertiary/aromatic N) is 8. The second-order valence-corrected chi connectivity index (χ2v) is 8.18. The zero-order valence-corrected chi connectivity index (χ0v) is 18.2. The Hall–Kier alpha value is -4.33. The van der Waals surface area contributed by atoms with Crippen LogP contribution in [0.3, 0.4) is 0 Å². The molecular formula is C22H22N10O. The number of aryl methyl sites for hydroxylation is 2. The van der Waals surface area contributed by atoms with E-state index in [1.807, 2.05) is 19.1 Å². The quantitative estimate of drug-likeness (QED) is 0.474. The third-order valence-corrected chi connectivity index (χ3v) is 5.83. The first-order valence-corrected chi connectivity index (χ1v) is 10.7. The Kier molecular flexibility index (Phi) is 5.18. The maximum Gasteiger partial charge on any atom is 0.334 e. The van der Waals surface area contributed by atoms with Gasteiger partial charge in [-0.1, -0.05) is 0 Å². The summed E-state index contributed by atoms with van der Waals surface area (Å²) in [6.07, 6.45) is 7.71. The van der Waals surface area contributed by atoms with E-state index in [4.69, 9.17) is 5.26 Å². The number of anilines is 2. The molecule has 0 unspecified atom stereocenters. The average Bonchev–Trinajstić information content (AvgIpc) is 3.37. The van der Waals surface area contributed by atoms with Gasteiger partial charge in [-0.25, -0.2) is 24.3 Å². The summed E-state index contributed by atoms with van der Waals surface area (Å²) in [5.41, 5.74) is 2.65. The zero-order valence-electron chi connectivity index (χ0n) is 18.2. The molecule has 0 aromatic carbocycles. The first-order chi connectivity index (χ1) is 16.0. The van der Waals surface area contributed by atoms with Crippen LogP contribution in [0.4, 0.5) is 11.8 Å². The molecule has 2 N–H and O–H groups in total. The predicted octanol–water partition coefficient (Wildman–Crippen LogP) is 1.93. The van der Waals surface area contributed by atoms with Crippen molar-refractivity contribution in [3.8, 4) is 11.8 Å². The lowest BCUT2D eigenvalue weighted by Crippen LogP contribution is -2.22. The molecule has 0 radical (unpaired) electrons. The highest BCUT2D eigenvalue weighted by Crippen LogP contribution is 2.25. The number of hydrogen-bond donors (Lipinski definition) is 2. The average molecular weight is 442 g/mol. The Morgan fingerprint density at radius 1 is 1.06 bits per heavy atom. The summed E-state index contributed by atoms with van der Waals surface area (Å²) in [7, 11) is 1.66. The fourth-order valence-electron chi connectivity index (χ4n) is 4.14. The molecule has 2 atom stereocenters. The summed E-state index contributed by atoms with van der Waals surface area (Å²) in [5.74, 6) is 1.29. The van der Waals surface area contributed by atoms with Crippen LogP contribution < -0.4 is 16.3 Å². The van der Waals surface area contributed by atoms with Crippen LogP contribution in [0.1, 0.15) is 30.5 Å². The molecule has 11 nitrogen and oxygen atoms in total. The number of rotatable bonds is 5. The minimum absolute atomic E-state index is 0.243. The summed E-state index contributed by atoms with van der Waals surface area (Å²) in [6, 6.07) is 7.95. The van der Waals surface area contributed by atoms with E-state index in [9.17, 15) is 4.79 Å². The largest absolute Gasteiger partial charge is 0.367 e. The minimum atomic E-state index is -0.243. The van der Waals surface area contributed by atoms with Crippen LogP contribution in [0.5, 0.6) is 0 Å². The van der Waals surface area contributed by atoms with Crippen molar-refractivity contribution < 1.29 is 0 Å². The Morgan fingerprint density at radius 3 is 2.58 bits per heavy atom. The van der Waals surface area contributed by atoms with Crippen molar-refractivity contribution in [2.45, 2.75) is 38.3 Å². The lowest BCUT2D eigenvalue weighted by Gasteiger charge is -2.15. The molecule has 4 heterocycles. The Bertz CT molecular complexity index is 1400. The van der Waals surface area contributed by atoms with Crippen LogP contribution in [0, 0.1) is 18.3 Å². The van der Waals surface area contributed by atoms with Crippen LogP contribution >= 0.6 is 0 Å².